The first-order chi connectivity index (χ1) is 5.27. The number of anilines is 1. The first-order valence-corrected chi connectivity index (χ1v) is 3.02. The molecule has 11 heavy (non-hydrogen) atoms. The second-order valence-electron chi connectivity index (χ2n) is 2.03. The van der Waals surface area contributed by atoms with Crippen molar-refractivity contribution in [2.24, 2.45) is 5.84 Å². The zero-order valence-corrected chi connectivity index (χ0v) is 5.74. The molecule has 0 aliphatic carbocycles. The number of hydrazine groups is 1. The van der Waals surface area contributed by atoms with Crippen LogP contribution in [0.3, 0.4) is 0 Å². The summed E-state index contributed by atoms with van der Waals surface area (Å²) in [5, 5.41) is 8.95. The summed E-state index contributed by atoms with van der Waals surface area (Å²) in [4.78, 5) is 10.3. The molecule has 0 atom stereocenters. The third-order valence-corrected chi connectivity index (χ3v) is 1.32. The molecule has 0 aromatic heterocycles. The van der Waals surface area contributed by atoms with Crippen LogP contribution in [0.1, 0.15) is 10.4 Å². The average molecular weight is 152 g/mol. The van der Waals surface area contributed by atoms with E-state index < -0.39 is 0 Å². The Balaban J connectivity index is 3.16. The lowest BCUT2D eigenvalue weighted by molar-refractivity contribution is 0.112. The van der Waals surface area contributed by atoms with E-state index in [-0.39, 0.29) is 5.75 Å². The van der Waals surface area contributed by atoms with Gasteiger partial charge in [-0.2, -0.15) is 0 Å². The number of rotatable bonds is 2. The minimum absolute atomic E-state index is 0.0727. The van der Waals surface area contributed by atoms with E-state index in [2.05, 4.69) is 5.43 Å². The lowest BCUT2D eigenvalue weighted by Gasteiger charge is -2.02. The maximum atomic E-state index is 10.3. The van der Waals surface area contributed by atoms with Gasteiger partial charge < -0.3 is 10.5 Å². The molecule has 0 fully saturated rings. The van der Waals surface area contributed by atoms with Crippen LogP contribution in [-0.4, -0.2) is 11.4 Å². The van der Waals surface area contributed by atoms with Crippen LogP contribution in [0.2, 0.25) is 0 Å². The monoisotopic (exact) mass is 152 g/mol. The number of nitrogens with two attached hydrogens (primary N) is 1. The van der Waals surface area contributed by atoms with Gasteiger partial charge in [-0.05, 0) is 12.1 Å². The third-order valence-electron chi connectivity index (χ3n) is 1.32. The van der Waals surface area contributed by atoms with Crippen molar-refractivity contribution in [3.8, 4) is 5.75 Å². The van der Waals surface area contributed by atoms with Crippen LogP contribution in [-0.2, 0) is 0 Å². The number of carbonyl (C=O) groups is 1. The number of nitrogens with one attached hydrogen (secondary N) is 1. The van der Waals surface area contributed by atoms with Crippen LogP contribution in [0.25, 0.3) is 0 Å². The Morgan fingerprint density at radius 1 is 1.55 bits per heavy atom. The molecule has 4 N–H and O–H groups in total. The van der Waals surface area contributed by atoms with Gasteiger partial charge in [0.15, 0.2) is 6.29 Å². The Labute approximate surface area is 63.6 Å². The van der Waals surface area contributed by atoms with Gasteiger partial charge in [-0.15, -0.1) is 0 Å². The van der Waals surface area contributed by atoms with Gasteiger partial charge in [0.05, 0.1) is 5.69 Å². The van der Waals surface area contributed by atoms with Crippen LogP contribution >= 0.6 is 0 Å². The molecule has 0 heterocycles. The summed E-state index contributed by atoms with van der Waals surface area (Å²) < 4.78 is 0. The molecule has 1 rings (SSSR count). The zero-order chi connectivity index (χ0) is 8.27. The number of phenolic OH excluding ortho intramolecular Hbond substituents is 1. The second-order valence-corrected chi connectivity index (χ2v) is 2.03. The highest BCUT2D eigenvalue weighted by molar-refractivity contribution is 5.84. The molecule has 0 saturated carbocycles. The summed E-state index contributed by atoms with van der Waals surface area (Å²) in [5.74, 6) is 5.15. The Kier molecular flexibility index (Phi) is 2.08. The van der Waals surface area contributed by atoms with E-state index in [0.29, 0.717) is 17.5 Å². The predicted octanol–water partition coefficient (Wildman–Crippen LogP) is 0.490. The molecule has 0 bridgehead atoms. The standard InChI is InChI=1S/C7H8N2O2/c8-9-7-3-6(11)2-1-5(7)4-10/h1-4,9,11H,8H2. The van der Waals surface area contributed by atoms with E-state index in [1.54, 1.807) is 0 Å². The van der Waals surface area contributed by atoms with Crippen molar-refractivity contribution in [2.45, 2.75) is 0 Å². The van der Waals surface area contributed by atoms with Crippen molar-refractivity contribution in [2.75, 3.05) is 5.43 Å². The topological polar surface area (TPSA) is 75.3 Å². The molecule has 1 aromatic rings. The Bertz CT molecular complexity index is 273. The molecule has 0 unspecified atom stereocenters. The Hall–Kier alpha value is -1.55. The molecule has 0 aliphatic rings. The van der Waals surface area contributed by atoms with Gasteiger partial charge in [0.2, 0.25) is 0 Å². The van der Waals surface area contributed by atoms with Gasteiger partial charge >= 0.3 is 0 Å². The molecule has 0 amide bonds. The van der Waals surface area contributed by atoms with Gasteiger partial charge in [-0.3, -0.25) is 10.6 Å². The molecule has 0 radical (unpaired) electrons. The summed E-state index contributed by atoms with van der Waals surface area (Å²) in [6.45, 7) is 0. The molecule has 1 aromatic carbocycles. The van der Waals surface area contributed by atoms with Gasteiger partial charge in [0, 0.05) is 11.6 Å². The van der Waals surface area contributed by atoms with Gasteiger partial charge in [0.25, 0.3) is 0 Å². The van der Waals surface area contributed by atoms with Gasteiger partial charge in [-0.25, -0.2) is 0 Å². The van der Waals surface area contributed by atoms with Crippen LogP contribution < -0.4 is 11.3 Å². The summed E-state index contributed by atoms with van der Waals surface area (Å²) >= 11 is 0. The van der Waals surface area contributed by atoms with Gasteiger partial charge in [0.1, 0.15) is 5.75 Å². The van der Waals surface area contributed by atoms with Crippen LogP contribution in [0.4, 0.5) is 5.69 Å². The molecular weight excluding hydrogens is 144 g/mol. The van der Waals surface area contributed by atoms with Crippen molar-refractivity contribution in [1.82, 2.24) is 0 Å². The van der Waals surface area contributed by atoms with E-state index in [1.165, 1.54) is 18.2 Å². The minimum Gasteiger partial charge on any atom is -0.508 e. The normalized spacial score (nSPS) is 9.18. The van der Waals surface area contributed by atoms with Crippen molar-refractivity contribution in [3.05, 3.63) is 23.8 Å². The number of nitrogen functional groups attached to an aromatic ring is 1. The number of aromatic hydroxyl groups is 1. The van der Waals surface area contributed by atoms with Crippen molar-refractivity contribution < 1.29 is 9.90 Å². The first kappa shape index (κ1) is 7.56. The lowest BCUT2D eigenvalue weighted by atomic mass is 10.2. The van der Waals surface area contributed by atoms with E-state index in [0.717, 1.165) is 0 Å². The molecule has 0 spiro atoms. The van der Waals surface area contributed by atoms with E-state index >= 15 is 0 Å². The minimum atomic E-state index is 0.0727. The average Bonchev–Trinajstić information content (AvgIpc) is 2.04. The van der Waals surface area contributed by atoms with E-state index in [1.807, 2.05) is 0 Å². The van der Waals surface area contributed by atoms with Crippen LogP contribution in [0.15, 0.2) is 18.2 Å². The highest BCUT2D eigenvalue weighted by atomic mass is 16.3. The second kappa shape index (κ2) is 3.03. The number of benzene rings is 1. The summed E-state index contributed by atoms with van der Waals surface area (Å²) in [5.41, 5.74) is 3.13. The maximum Gasteiger partial charge on any atom is 0.152 e. The Morgan fingerprint density at radius 2 is 2.27 bits per heavy atom. The largest absolute Gasteiger partial charge is 0.508 e. The SMILES string of the molecule is NNc1cc(O)ccc1C=O. The molecular formula is C7H8N2O2. The molecule has 4 nitrogen and oxygen atoms in total. The Morgan fingerprint density at radius 3 is 2.82 bits per heavy atom. The number of aldehydes is 1. The summed E-state index contributed by atoms with van der Waals surface area (Å²) in [6.07, 6.45) is 0.661. The third kappa shape index (κ3) is 1.47. The maximum absolute atomic E-state index is 10.3. The van der Waals surface area contributed by atoms with Gasteiger partial charge in [-0.1, -0.05) is 0 Å². The number of hydrogen-bond acceptors (Lipinski definition) is 4. The highest BCUT2D eigenvalue weighted by Gasteiger charge is 1.99. The highest BCUT2D eigenvalue weighted by Crippen LogP contribution is 2.18. The molecule has 0 saturated heterocycles. The van der Waals surface area contributed by atoms with E-state index in [4.69, 9.17) is 10.9 Å². The summed E-state index contributed by atoms with van der Waals surface area (Å²) in [6, 6.07) is 4.28. The first-order valence-electron chi connectivity index (χ1n) is 3.02. The van der Waals surface area contributed by atoms with Crippen molar-refractivity contribution in [3.63, 3.8) is 0 Å². The zero-order valence-electron chi connectivity index (χ0n) is 5.74. The number of carbonyl (C=O) groups excluding carboxylic acids is 1. The molecule has 58 valence electrons. The van der Waals surface area contributed by atoms with Crippen LogP contribution in [0, 0.1) is 0 Å². The predicted molar refractivity (Wildman–Crippen MR) is 41.3 cm³/mol. The fraction of sp³-hybridized carbons (Fsp3) is 0. The summed E-state index contributed by atoms with van der Waals surface area (Å²) in [7, 11) is 0. The fourth-order valence-corrected chi connectivity index (χ4v) is 0.772. The van der Waals surface area contributed by atoms with Crippen molar-refractivity contribution >= 4 is 12.0 Å². The number of hydrogen-bond donors (Lipinski definition) is 3. The van der Waals surface area contributed by atoms with Crippen molar-refractivity contribution in [1.29, 1.82) is 0 Å². The quantitative estimate of drug-likeness (QED) is 0.327. The number of phenols is 1. The molecule has 4 heteroatoms. The smallest absolute Gasteiger partial charge is 0.152 e. The van der Waals surface area contributed by atoms with E-state index in [9.17, 15) is 4.79 Å². The lowest BCUT2D eigenvalue weighted by Crippen LogP contribution is -2.08. The van der Waals surface area contributed by atoms with Crippen LogP contribution in [0.5, 0.6) is 5.75 Å². The molecule has 0 aliphatic heterocycles. The fourth-order valence-electron chi connectivity index (χ4n) is 0.772.